The molecule has 1 aromatic carbocycles. The molecular weight excluding hydrogens is 288 g/mol. The molecule has 0 atom stereocenters. The number of anilines is 1. The number of benzene rings is 1. The smallest absolute Gasteiger partial charge is 0.277 e. The largest absolute Gasteiger partial charge is 0.448 e. The lowest BCUT2D eigenvalue weighted by atomic mass is 10.2. The minimum absolute atomic E-state index is 0.246. The number of nitrogens with one attached hydrogen (secondary N) is 2. The van der Waals surface area contributed by atoms with E-state index in [4.69, 9.17) is 16.6 Å². The van der Waals surface area contributed by atoms with Gasteiger partial charge in [-0.1, -0.05) is 6.07 Å². The average molecular weight is 300 g/mol. The second-order valence-electron chi connectivity index (χ2n) is 4.39. The predicted molar refractivity (Wildman–Crippen MR) is 80.1 cm³/mol. The van der Waals surface area contributed by atoms with Crippen molar-refractivity contribution in [2.75, 3.05) is 5.32 Å². The van der Waals surface area contributed by atoms with Crippen LogP contribution in [0.1, 0.15) is 16.4 Å². The van der Waals surface area contributed by atoms with Crippen LogP contribution in [0.5, 0.6) is 0 Å². The van der Waals surface area contributed by atoms with E-state index in [0.717, 1.165) is 5.69 Å². The molecule has 2 aromatic heterocycles. The molecule has 2 N–H and O–H groups in total. The fourth-order valence-corrected chi connectivity index (χ4v) is 2.15. The normalized spacial score (nSPS) is 10.5. The second-order valence-corrected chi connectivity index (χ2v) is 4.78. The minimum atomic E-state index is -0.318. The van der Waals surface area contributed by atoms with E-state index in [1.165, 1.54) is 6.26 Å². The molecule has 0 aliphatic carbocycles. The Morgan fingerprint density at radius 1 is 1.48 bits per heavy atom. The van der Waals surface area contributed by atoms with Gasteiger partial charge >= 0.3 is 0 Å². The minimum Gasteiger partial charge on any atom is -0.448 e. The predicted octanol–water partition coefficient (Wildman–Crippen LogP) is 3.08. The Kier molecular flexibility index (Phi) is 3.41. The molecule has 0 saturated heterocycles. The molecule has 0 saturated carbocycles. The lowest BCUT2D eigenvalue weighted by Gasteiger charge is -2.06. The number of imidazole rings is 1. The number of aromatic nitrogens is 3. The molecule has 0 bridgehead atoms. The van der Waals surface area contributed by atoms with Crippen molar-refractivity contribution in [3.05, 3.63) is 59.3 Å². The summed E-state index contributed by atoms with van der Waals surface area (Å²) >= 11 is 5.18. The number of aromatic amines is 1. The first-order valence-corrected chi connectivity index (χ1v) is 6.64. The summed E-state index contributed by atoms with van der Waals surface area (Å²) in [6, 6.07) is 7.37. The van der Waals surface area contributed by atoms with E-state index in [1.54, 1.807) is 19.2 Å². The first-order valence-electron chi connectivity index (χ1n) is 6.23. The molecule has 0 spiro atoms. The van der Waals surface area contributed by atoms with Crippen LogP contribution in [0, 0.1) is 11.7 Å². The van der Waals surface area contributed by atoms with E-state index in [0.29, 0.717) is 16.3 Å². The zero-order chi connectivity index (χ0) is 14.8. The Hall–Kier alpha value is -2.67. The van der Waals surface area contributed by atoms with E-state index in [2.05, 4.69) is 15.3 Å². The summed E-state index contributed by atoms with van der Waals surface area (Å²) in [4.78, 5) is 18.9. The maximum Gasteiger partial charge on any atom is 0.277 e. The van der Waals surface area contributed by atoms with Crippen molar-refractivity contribution in [2.24, 2.45) is 0 Å². The van der Waals surface area contributed by atoms with Gasteiger partial charge in [0.15, 0.2) is 16.4 Å². The number of amides is 1. The van der Waals surface area contributed by atoms with Gasteiger partial charge in [0.05, 0.1) is 0 Å². The van der Waals surface area contributed by atoms with Crippen molar-refractivity contribution in [2.45, 2.75) is 6.92 Å². The summed E-state index contributed by atoms with van der Waals surface area (Å²) in [6.07, 6.45) is 4.91. The Morgan fingerprint density at radius 2 is 2.33 bits per heavy atom. The summed E-state index contributed by atoms with van der Waals surface area (Å²) in [6.45, 7) is 1.69. The van der Waals surface area contributed by atoms with Gasteiger partial charge in [0.25, 0.3) is 5.91 Å². The van der Waals surface area contributed by atoms with Crippen LogP contribution >= 0.6 is 12.2 Å². The van der Waals surface area contributed by atoms with Crippen molar-refractivity contribution in [3.63, 3.8) is 0 Å². The quantitative estimate of drug-likeness (QED) is 0.729. The number of H-pyrrole nitrogens is 1. The van der Waals surface area contributed by atoms with Gasteiger partial charge in [0, 0.05) is 30.7 Å². The summed E-state index contributed by atoms with van der Waals surface area (Å²) < 4.78 is 7.43. The summed E-state index contributed by atoms with van der Waals surface area (Å²) in [5.74, 6) is 0.134. The molecule has 21 heavy (non-hydrogen) atoms. The van der Waals surface area contributed by atoms with E-state index in [-0.39, 0.29) is 11.6 Å². The highest BCUT2D eigenvalue weighted by Crippen LogP contribution is 2.16. The Balaban J connectivity index is 1.85. The third-order valence-electron chi connectivity index (χ3n) is 2.88. The second kappa shape index (κ2) is 5.37. The number of oxazole rings is 1. The standard InChI is InChI=1S/C14H12N4O2S/c1-9-16-12(8-20-9)13(19)17-10-3-2-4-11(7-10)18-6-5-15-14(18)21/h2-8H,1H3,(H,15,21)(H,17,19). The number of carbonyl (C=O) groups is 1. The highest BCUT2D eigenvalue weighted by molar-refractivity contribution is 7.71. The van der Waals surface area contributed by atoms with Gasteiger partial charge in [-0.15, -0.1) is 0 Å². The molecule has 6 nitrogen and oxygen atoms in total. The first kappa shape index (κ1) is 13.3. The average Bonchev–Trinajstić information content (AvgIpc) is 3.08. The van der Waals surface area contributed by atoms with E-state index in [9.17, 15) is 4.79 Å². The van der Waals surface area contributed by atoms with Gasteiger partial charge < -0.3 is 14.7 Å². The molecule has 1 amide bonds. The van der Waals surface area contributed by atoms with Crippen LogP contribution in [0.4, 0.5) is 5.69 Å². The van der Waals surface area contributed by atoms with Crippen LogP contribution in [0.25, 0.3) is 5.69 Å². The fourth-order valence-electron chi connectivity index (χ4n) is 1.92. The molecule has 0 aliphatic heterocycles. The maximum atomic E-state index is 12.0. The van der Waals surface area contributed by atoms with Crippen molar-refractivity contribution >= 4 is 23.8 Å². The first-order chi connectivity index (χ1) is 10.1. The molecule has 7 heteroatoms. The fraction of sp³-hybridized carbons (Fsp3) is 0.0714. The molecule has 106 valence electrons. The topological polar surface area (TPSA) is 75.8 Å². The van der Waals surface area contributed by atoms with Crippen LogP contribution in [-0.2, 0) is 0 Å². The maximum absolute atomic E-state index is 12.0. The zero-order valence-corrected chi connectivity index (χ0v) is 12.0. The molecule has 0 unspecified atom stereocenters. The number of carbonyl (C=O) groups excluding carboxylic acids is 1. The van der Waals surface area contributed by atoms with Crippen molar-refractivity contribution in [1.82, 2.24) is 14.5 Å². The SMILES string of the molecule is Cc1nc(C(=O)Nc2cccc(-n3cc[nH]c3=S)c2)co1. The molecular formula is C14H12N4O2S. The monoisotopic (exact) mass is 300 g/mol. The van der Waals surface area contributed by atoms with E-state index >= 15 is 0 Å². The highest BCUT2D eigenvalue weighted by Gasteiger charge is 2.11. The van der Waals surface area contributed by atoms with Crippen LogP contribution in [0.15, 0.2) is 47.3 Å². The van der Waals surface area contributed by atoms with Crippen LogP contribution in [0.2, 0.25) is 0 Å². The number of nitrogens with zero attached hydrogens (tertiary/aromatic N) is 2. The van der Waals surface area contributed by atoms with Crippen molar-refractivity contribution in [3.8, 4) is 5.69 Å². The number of aryl methyl sites for hydroxylation is 1. The van der Waals surface area contributed by atoms with Crippen molar-refractivity contribution < 1.29 is 9.21 Å². The van der Waals surface area contributed by atoms with Gasteiger partial charge in [0.1, 0.15) is 6.26 Å². The van der Waals surface area contributed by atoms with Crippen LogP contribution in [-0.4, -0.2) is 20.4 Å². The summed E-state index contributed by atoms with van der Waals surface area (Å²) in [5.41, 5.74) is 1.76. The lowest BCUT2D eigenvalue weighted by molar-refractivity contribution is 0.102. The van der Waals surface area contributed by atoms with Gasteiger partial charge in [0.2, 0.25) is 0 Å². The molecule has 2 heterocycles. The van der Waals surface area contributed by atoms with Gasteiger partial charge in [-0.3, -0.25) is 9.36 Å². The van der Waals surface area contributed by atoms with Crippen molar-refractivity contribution in [1.29, 1.82) is 0 Å². The van der Waals surface area contributed by atoms with Gasteiger partial charge in [-0.25, -0.2) is 4.98 Å². The number of hydrogen-bond donors (Lipinski definition) is 2. The van der Waals surface area contributed by atoms with Crippen LogP contribution in [0.3, 0.4) is 0 Å². The Bertz CT molecular complexity index is 846. The number of hydrogen-bond acceptors (Lipinski definition) is 4. The summed E-state index contributed by atoms with van der Waals surface area (Å²) in [7, 11) is 0. The molecule has 3 aromatic rings. The number of rotatable bonds is 3. The van der Waals surface area contributed by atoms with Crippen LogP contribution < -0.4 is 5.32 Å². The summed E-state index contributed by atoms with van der Waals surface area (Å²) in [5, 5.41) is 2.77. The van der Waals surface area contributed by atoms with E-state index < -0.39 is 0 Å². The highest BCUT2D eigenvalue weighted by atomic mass is 32.1. The third kappa shape index (κ3) is 2.77. The lowest BCUT2D eigenvalue weighted by Crippen LogP contribution is -2.12. The Labute approximate surface area is 125 Å². The molecule has 0 radical (unpaired) electrons. The zero-order valence-electron chi connectivity index (χ0n) is 11.2. The molecule has 0 fully saturated rings. The molecule has 0 aliphatic rings. The van der Waals surface area contributed by atoms with Gasteiger partial charge in [-0.2, -0.15) is 0 Å². The van der Waals surface area contributed by atoms with Gasteiger partial charge in [-0.05, 0) is 30.4 Å². The molecule has 3 rings (SSSR count). The third-order valence-corrected chi connectivity index (χ3v) is 3.20. The Morgan fingerprint density at radius 3 is 3.00 bits per heavy atom. The van der Waals surface area contributed by atoms with E-state index in [1.807, 2.05) is 29.0 Å².